The third kappa shape index (κ3) is 1.74. The van der Waals surface area contributed by atoms with Crippen LogP contribution in [-0.2, 0) is 15.3 Å². The summed E-state index contributed by atoms with van der Waals surface area (Å²) in [7, 11) is 1.64. The van der Waals surface area contributed by atoms with Gasteiger partial charge in [-0.2, -0.15) is 0 Å². The molecule has 0 N–H and O–H groups in total. The average molecular weight is 261 g/mol. The Labute approximate surface area is 113 Å². The van der Waals surface area contributed by atoms with Gasteiger partial charge in [0.2, 0.25) is 5.91 Å². The van der Waals surface area contributed by atoms with Crippen molar-refractivity contribution in [2.45, 2.75) is 32.0 Å². The summed E-state index contributed by atoms with van der Waals surface area (Å²) >= 11 is 0. The second-order valence-corrected chi connectivity index (χ2v) is 5.53. The quantitative estimate of drug-likeness (QED) is 0.818. The second-order valence-electron chi connectivity index (χ2n) is 5.53. The molecule has 19 heavy (non-hydrogen) atoms. The van der Waals surface area contributed by atoms with Crippen LogP contribution in [0.15, 0.2) is 24.3 Å². The number of rotatable bonds is 2. The van der Waals surface area contributed by atoms with Crippen molar-refractivity contribution in [3.05, 3.63) is 29.8 Å². The lowest BCUT2D eigenvalue weighted by atomic mass is 10.0. The Morgan fingerprint density at radius 1 is 1.37 bits per heavy atom. The molecule has 0 aliphatic carbocycles. The number of amides is 1. The summed E-state index contributed by atoms with van der Waals surface area (Å²) in [4.78, 5) is 14.1. The zero-order valence-corrected chi connectivity index (χ0v) is 11.6. The van der Waals surface area contributed by atoms with Crippen LogP contribution in [0.5, 0.6) is 5.75 Å². The van der Waals surface area contributed by atoms with Gasteiger partial charge in [0.05, 0.1) is 19.8 Å². The van der Waals surface area contributed by atoms with Crippen molar-refractivity contribution < 1.29 is 14.3 Å². The van der Waals surface area contributed by atoms with Gasteiger partial charge in [0, 0.05) is 12.0 Å². The fraction of sp³-hybridized carbons (Fsp3) is 0.533. The minimum Gasteiger partial charge on any atom is -0.497 e. The molecule has 0 bridgehead atoms. The lowest BCUT2D eigenvalue weighted by Crippen LogP contribution is -2.43. The molecule has 2 saturated heterocycles. The van der Waals surface area contributed by atoms with Gasteiger partial charge in [0.15, 0.2) is 5.72 Å². The summed E-state index contributed by atoms with van der Waals surface area (Å²) in [5.41, 5.74) is 0.358. The fourth-order valence-corrected chi connectivity index (χ4v) is 3.18. The molecule has 2 heterocycles. The Morgan fingerprint density at radius 3 is 2.68 bits per heavy atom. The number of carbonyl (C=O) groups is 1. The standard InChI is InChI=1S/C15H19NO3/c1-10-8-14(17)16-13(10)9-19-15(16,2)11-4-6-12(18-3)7-5-11/h4-7,10,13H,8-9H2,1-3H3/t10-,13-,15-/m1/s1. The Bertz CT molecular complexity index is 499. The van der Waals surface area contributed by atoms with Crippen molar-refractivity contribution in [2.75, 3.05) is 13.7 Å². The van der Waals surface area contributed by atoms with Crippen molar-refractivity contribution in [2.24, 2.45) is 5.92 Å². The molecule has 4 nitrogen and oxygen atoms in total. The first-order valence-corrected chi connectivity index (χ1v) is 6.67. The smallest absolute Gasteiger partial charge is 0.225 e. The molecule has 102 valence electrons. The summed E-state index contributed by atoms with van der Waals surface area (Å²) in [5.74, 6) is 1.36. The molecule has 1 aromatic carbocycles. The highest BCUT2D eigenvalue weighted by Gasteiger charge is 2.53. The van der Waals surface area contributed by atoms with Gasteiger partial charge in [-0.3, -0.25) is 4.79 Å². The predicted octanol–water partition coefficient (Wildman–Crippen LogP) is 2.14. The number of hydrogen-bond acceptors (Lipinski definition) is 3. The number of nitrogens with zero attached hydrogens (tertiary/aromatic N) is 1. The van der Waals surface area contributed by atoms with Crippen molar-refractivity contribution >= 4 is 5.91 Å². The van der Waals surface area contributed by atoms with E-state index in [0.29, 0.717) is 18.9 Å². The Morgan fingerprint density at radius 2 is 2.05 bits per heavy atom. The van der Waals surface area contributed by atoms with Crippen molar-refractivity contribution in [3.63, 3.8) is 0 Å². The molecular weight excluding hydrogens is 242 g/mol. The van der Waals surface area contributed by atoms with Gasteiger partial charge in [-0.25, -0.2) is 0 Å². The largest absolute Gasteiger partial charge is 0.497 e. The number of ether oxygens (including phenoxy) is 2. The first kappa shape index (κ1) is 12.5. The zero-order valence-electron chi connectivity index (χ0n) is 11.6. The number of carbonyl (C=O) groups excluding carboxylic acids is 1. The third-order valence-electron chi connectivity index (χ3n) is 4.37. The summed E-state index contributed by atoms with van der Waals surface area (Å²) in [6.07, 6.45) is 0.625. The maximum Gasteiger partial charge on any atom is 0.225 e. The van der Waals surface area contributed by atoms with Crippen LogP contribution in [-0.4, -0.2) is 30.6 Å². The fourth-order valence-electron chi connectivity index (χ4n) is 3.18. The Hall–Kier alpha value is -1.55. The van der Waals surface area contributed by atoms with Gasteiger partial charge in [-0.1, -0.05) is 19.1 Å². The van der Waals surface area contributed by atoms with Gasteiger partial charge in [0.1, 0.15) is 5.75 Å². The van der Waals surface area contributed by atoms with Crippen LogP contribution in [0.25, 0.3) is 0 Å². The molecule has 2 aliphatic rings. The highest BCUT2D eigenvalue weighted by Crippen LogP contribution is 2.44. The van der Waals surface area contributed by atoms with Crippen molar-refractivity contribution in [1.29, 1.82) is 0 Å². The molecule has 4 heteroatoms. The van der Waals surface area contributed by atoms with E-state index in [2.05, 4.69) is 6.92 Å². The molecule has 3 rings (SSSR count). The van der Waals surface area contributed by atoms with E-state index >= 15 is 0 Å². The van der Waals surface area contributed by atoms with E-state index in [4.69, 9.17) is 9.47 Å². The second kappa shape index (κ2) is 4.23. The molecule has 0 saturated carbocycles. The van der Waals surface area contributed by atoms with E-state index < -0.39 is 5.72 Å². The van der Waals surface area contributed by atoms with Crippen molar-refractivity contribution in [1.82, 2.24) is 4.90 Å². The van der Waals surface area contributed by atoms with E-state index in [9.17, 15) is 4.79 Å². The first-order chi connectivity index (χ1) is 9.06. The highest BCUT2D eigenvalue weighted by atomic mass is 16.5. The number of fused-ring (bicyclic) bond motifs is 1. The van der Waals surface area contributed by atoms with E-state index in [1.54, 1.807) is 7.11 Å². The Balaban J connectivity index is 1.96. The van der Waals surface area contributed by atoms with Crippen LogP contribution in [0.3, 0.4) is 0 Å². The summed E-state index contributed by atoms with van der Waals surface area (Å²) < 4.78 is 11.1. The van der Waals surface area contributed by atoms with Crippen LogP contribution in [0.1, 0.15) is 25.8 Å². The molecule has 0 radical (unpaired) electrons. The monoisotopic (exact) mass is 261 g/mol. The molecule has 2 aliphatic heterocycles. The Kier molecular flexibility index (Phi) is 2.78. The SMILES string of the molecule is COc1ccc([C@@]2(C)OC[C@@H]3[C@H](C)CC(=O)N32)cc1. The third-order valence-corrected chi connectivity index (χ3v) is 4.37. The van der Waals surface area contributed by atoms with Crippen LogP contribution in [0.2, 0.25) is 0 Å². The molecule has 0 spiro atoms. The van der Waals surface area contributed by atoms with E-state index in [0.717, 1.165) is 11.3 Å². The van der Waals surface area contributed by atoms with Gasteiger partial charge in [-0.05, 0) is 25.0 Å². The molecule has 1 aromatic rings. The van der Waals surface area contributed by atoms with Crippen LogP contribution < -0.4 is 4.74 Å². The van der Waals surface area contributed by atoms with Crippen LogP contribution >= 0.6 is 0 Å². The van der Waals surface area contributed by atoms with E-state index in [-0.39, 0.29) is 11.9 Å². The normalized spacial score (nSPS) is 33.6. The summed E-state index contributed by atoms with van der Waals surface area (Å²) in [6.45, 7) is 4.71. The van der Waals surface area contributed by atoms with Crippen LogP contribution in [0, 0.1) is 5.92 Å². The average Bonchev–Trinajstić information content (AvgIpc) is 2.91. The van der Waals surface area contributed by atoms with E-state index in [1.807, 2.05) is 36.1 Å². The van der Waals surface area contributed by atoms with Gasteiger partial charge >= 0.3 is 0 Å². The molecular formula is C15H19NO3. The molecule has 0 unspecified atom stereocenters. The maximum absolute atomic E-state index is 12.2. The highest BCUT2D eigenvalue weighted by molar-refractivity contribution is 5.80. The molecule has 2 fully saturated rings. The van der Waals surface area contributed by atoms with Gasteiger partial charge in [0.25, 0.3) is 0 Å². The lowest BCUT2D eigenvalue weighted by molar-refractivity contribution is -0.145. The van der Waals surface area contributed by atoms with Crippen LogP contribution in [0.4, 0.5) is 0 Å². The first-order valence-electron chi connectivity index (χ1n) is 6.67. The predicted molar refractivity (Wildman–Crippen MR) is 70.7 cm³/mol. The minimum absolute atomic E-state index is 0.188. The maximum atomic E-state index is 12.2. The lowest BCUT2D eigenvalue weighted by Gasteiger charge is -2.34. The molecule has 3 atom stereocenters. The molecule has 1 amide bonds. The molecule has 0 aromatic heterocycles. The van der Waals surface area contributed by atoms with Gasteiger partial charge < -0.3 is 14.4 Å². The van der Waals surface area contributed by atoms with Crippen molar-refractivity contribution in [3.8, 4) is 5.75 Å². The number of benzene rings is 1. The summed E-state index contributed by atoms with van der Waals surface area (Å²) in [5, 5.41) is 0. The topological polar surface area (TPSA) is 38.8 Å². The summed E-state index contributed by atoms with van der Waals surface area (Å²) in [6, 6.07) is 7.96. The minimum atomic E-state index is -0.640. The number of methoxy groups -OCH3 is 1. The number of hydrogen-bond donors (Lipinski definition) is 0. The zero-order chi connectivity index (χ0) is 13.6. The van der Waals surface area contributed by atoms with E-state index in [1.165, 1.54) is 0 Å². The van der Waals surface area contributed by atoms with Gasteiger partial charge in [-0.15, -0.1) is 0 Å².